The van der Waals surface area contributed by atoms with Gasteiger partial charge < -0.3 is 10.8 Å². The molecule has 0 radical (unpaired) electrons. The topological polar surface area (TPSA) is 132 Å². The van der Waals surface area contributed by atoms with E-state index >= 15 is 0 Å². The number of hydrogen-bond acceptors (Lipinski definition) is 5. The molecule has 0 aromatic heterocycles. The van der Waals surface area contributed by atoms with E-state index in [-0.39, 0.29) is 46.9 Å². The summed E-state index contributed by atoms with van der Waals surface area (Å²) in [6, 6.07) is 11.5. The number of primary amides is 1. The third-order valence-corrected chi connectivity index (χ3v) is 8.39. The molecule has 2 aromatic carbocycles. The van der Waals surface area contributed by atoms with E-state index in [9.17, 15) is 27.8 Å². The fourth-order valence-electron chi connectivity index (χ4n) is 4.47. The Labute approximate surface area is 211 Å². The lowest BCUT2D eigenvalue weighted by atomic mass is 10.0. The normalized spacial score (nSPS) is 19.9. The van der Waals surface area contributed by atoms with Crippen molar-refractivity contribution in [3.05, 3.63) is 71.0 Å². The lowest BCUT2D eigenvalue weighted by molar-refractivity contribution is -0.891. The molecule has 3 rings (SSSR count). The molecule has 0 bridgehead atoms. The highest BCUT2D eigenvalue weighted by atomic mass is 32.2. The van der Waals surface area contributed by atoms with Gasteiger partial charge in [0.15, 0.2) is 11.2 Å². The Hall–Kier alpha value is -3.24. The van der Waals surface area contributed by atoms with Gasteiger partial charge in [-0.1, -0.05) is 12.1 Å². The number of quaternary nitrogens is 1. The van der Waals surface area contributed by atoms with Crippen molar-refractivity contribution in [3.8, 4) is 0 Å². The van der Waals surface area contributed by atoms with Gasteiger partial charge in [0.05, 0.1) is 41.6 Å². The van der Waals surface area contributed by atoms with Crippen LogP contribution >= 0.6 is 0 Å². The molecule has 8 nitrogen and oxygen atoms in total. The van der Waals surface area contributed by atoms with E-state index in [0.717, 1.165) is 0 Å². The van der Waals surface area contributed by atoms with Gasteiger partial charge in [-0.3, -0.25) is 13.8 Å². The van der Waals surface area contributed by atoms with Crippen molar-refractivity contribution >= 4 is 34.4 Å². The number of nitrogens with zero attached hydrogens (tertiary/aromatic N) is 1. The fraction of sp³-hybridized carbons (Fsp3) is 0.385. The molecule has 3 N–H and O–H groups in total. The summed E-state index contributed by atoms with van der Waals surface area (Å²) in [5.74, 6) is -1.99. The maximum Gasteiger partial charge on any atom is 0.335 e. The zero-order chi connectivity index (χ0) is 26.3. The number of amides is 2. The Morgan fingerprint density at radius 3 is 2.17 bits per heavy atom. The van der Waals surface area contributed by atoms with Crippen LogP contribution in [0.15, 0.2) is 48.5 Å². The third-order valence-electron chi connectivity index (χ3n) is 6.59. The summed E-state index contributed by atoms with van der Waals surface area (Å²) in [4.78, 5) is 47.6. The van der Waals surface area contributed by atoms with Gasteiger partial charge in [-0.15, -0.1) is 0 Å². The van der Waals surface area contributed by atoms with Crippen LogP contribution < -0.4 is 5.73 Å². The van der Waals surface area contributed by atoms with E-state index in [2.05, 4.69) is 0 Å². The number of rotatable bonds is 14. The molecule has 0 aliphatic carbocycles. The predicted molar refractivity (Wildman–Crippen MR) is 132 cm³/mol. The van der Waals surface area contributed by atoms with Gasteiger partial charge in [0.2, 0.25) is 5.91 Å². The maximum absolute atomic E-state index is 13.2. The smallest absolute Gasteiger partial charge is 0.335 e. The van der Waals surface area contributed by atoms with Crippen molar-refractivity contribution in [2.75, 3.05) is 13.1 Å². The molecule has 0 saturated carbocycles. The van der Waals surface area contributed by atoms with Gasteiger partial charge in [0, 0.05) is 12.0 Å². The molecule has 1 aliphatic rings. The van der Waals surface area contributed by atoms with Crippen molar-refractivity contribution in [2.45, 2.75) is 49.7 Å². The molecule has 1 heterocycles. The summed E-state index contributed by atoms with van der Waals surface area (Å²) in [5.41, 5.74) is 6.62. The van der Waals surface area contributed by atoms with Gasteiger partial charge in [-0.2, -0.15) is 0 Å². The van der Waals surface area contributed by atoms with E-state index in [4.69, 9.17) is 10.8 Å². The Kier molecular flexibility index (Phi) is 9.22. The Bertz CT molecular complexity index is 1150. The molecule has 192 valence electrons. The van der Waals surface area contributed by atoms with E-state index in [0.29, 0.717) is 43.4 Å². The number of β-lactam (4-membered cyclic amide) rings is 1. The number of likely N-dealkylation sites (tertiary alicyclic amines) is 1. The fourth-order valence-corrected chi connectivity index (χ4v) is 6.29. The molecule has 10 heteroatoms. The average molecular weight is 518 g/mol. The van der Waals surface area contributed by atoms with Crippen molar-refractivity contribution < 1.29 is 37.4 Å². The summed E-state index contributed by atoms with van der Waals surface area (Å²) in [5, 5.41) is 8.57. The number of unbranched alkanes of at least 4 members (excludes halogenated alkanes) is 2. The van der Waals surface area contributed by atoms with Crippen LogP contribution in [-0.4, -0.2) is 55.8 Å². The number of nitrogens with two attached hydrogens (primary N) is 1. The summed E-state index contributed by atoms with van der Waals surface area (Å²) < 4.78 is 26.2. The highest BCUT2D eigenvalue weighted by molar-refractivity contribution is 7.84. The zero-order valence-electron chi connectivity index (χ0n) is 19.9. The Morgan fingerprint density at radius 2 is 1.58 bits per heavy atom. The lowest BCUT2D eigenvalue weighted by Crippen LogP contribution is -2.71. The number of carbonyl (C=O) groups excluding carboxylic acids is 3. The standard InChI is InChI=1S/C26H29FN2O6S/c27-21-11-9-19(10-12-21)22(30)4-2-1-3-14-29(15-13-23(28)31)24(32)16-25(29)36(35)17-18-5-7-20(8-6-18)26(33)34/h5-12,25H,1-4,13-17H2,(H2-,28,31,33,34)/p+1. The van der Waals surface area contributed by atoms with Gasteiger partial charge in [0.1, 0.15) is 12.2 Å². The summed E-state index contributed by atoms with van der Waals surface area (Å²) in [6.07, 6.45) is 2.28. The molecule has 1 saturated heterocycles. The van der Waals surface area contributed by atoms with E-state index in [1.165, 1.54) is 36.4 Å². The van der Waals surface area contributed by atoms with Crippen LogP contribution in [0.5, 0.6) is 0 Å². The molecule has 1 fully saturated rings. The van der Waals surface area contributed by atoms with Crippen molar-refractivity contribution in [3.63, 3.8) is 0 Å². The number of carbonyl (C=O) groups is 4. The maximum atomic E-state index is 13.2. The zero-order valence-corrected chi connectivity index (χ0v) is 20.7. The van der Waals surface area contributed by atoms with E-state index in [1.807, 2.05) is 0 Å². The van der Waals surface area contributed by atoms with Crippen LogP contribution in [0.1, 0.15) is 64.8 Å². The molecule has 3 unspecified atom stereocenters. The van der Waals surface area contributed by atoms with Crippen LogP contribution in [0.25, 0.3) is 0 Å². The highest BCUT2D eigenvalue weighted by Gasteiger charge is 2.57. The number of carboxylic acid groups (broad SMARTS) is 1. The van der Waals surface area contributed by atoms with Crippen molar-refractivity contribution in [2.24, 2.45) is 5.73 Å². The largest absolute Gasteiger partial charge is 0.478 e. The number of hydrogen-bond donors (Lipinski definition) is 2. The Morgan fingerprint density at radius 1 is 0.944 bits per heavy atom. The van der Waals surface area contributed by atoms with Crippen LogP contribution in [-0.2, 0) is 26.1 Å². The van der Waals surface area contributed by atoms with Crippen molar-refractivity contribution in [1.82, 2.24) is 0 Å². The first-order valence-electron chi connectivity index (χ1n) is 11.8. The molecular weight excluding hydrogens is 487 g/mol. The van der Waals surface area contributed by atoms with Crippen molar-refractivity contribution in [1.29, 1.82) is 0 Å². The van der Waals surface area contributed by atoms with Gasteiger partial charge in [0.25, 0.3) is 0 Å². The molecule has 0 spiro atoms. The number of ketones is 1. The molecule has 2 aromatic rings. The minimum absolute atomic E-state index is 0.00417. The SMILES string of the molecule is NC(=O)CC[N+]1(CCCCCC(=O)c2ccc(F)cc2)C(=O)CC1S(=O)Cc1ccc(C(=O)O)cc1. The highest BCUT2D eigenvalue weighted by Crippen LogP contribution is 2.35. The first-order chi connectivity index (χ1) is 17.1. The average Bonchev–Trinajstić information content (AvgIpc) is 2.84. The molecule has 2 amide bonds. The van der Waals surface area contributed by atoms with E-state index < -0.39 is 33.9 Å². The first-order valence-corrected chi connectivity index (χ1v) is 13.2. The number of halogens is 1. The second kappa shape index (κ2) is 12.1. The van der Waals surface area contributed by atoms with Crippen LogP contribution in [0.3, 0.4) is 0 Å². The van der Waals surface area contributed by atoms with Gasteiger partial charge in [-0.05, 0) is 61.2 Å². The first kappa shape index (κ1) is 27.3. The lowest BCUT2D eigenvalue weighted by Gasteiger charge is -2.48. The quantitative estimate of drug-likeness (QED) is 0.171. The molecular formula is C26H30FN2O6S+. The minimum Gasteiger partial charge on any atom is -0.478 e. The summed E-state index contributed by atoms with van der Waals surface area (Å²) >= 11 is 0. The number of Topliss-reactive ketones (excluding diaryl/α,β-unsaturated/α-hetero) is 1. The number of carboxylic acids is 1. The van der Waals surface area contributed by atoms with Crippen LogP contribution in [0.4, 0.5) is 4.39 Å². The molecule has 3 atom stereocenters. The summed E-state index contributed by atoms with van der Waals surface area (Å²) in [6.45, 7) is 0.572. The van der Waals surface area contributed by atoms with Gasteiger partial charge >= 0.3 is 11.9 Å². The predicted octanol–water partition coefficient (Wildman–Crippen LogP) is 3.16. The number of benzene rings is 2. The van der Waals surface area contributed by atoms with Crippen LogP contribution in [0.2, 0.25) is 0 Å². The van der Waals surface area contributed by atoms with Crippen LogP contribution in [0, 0.1) is 5.82 Å². The number of aromatic carboxylic acids is 1. The third kappa shape index (κ3) is 6.70. The minimum atomic E-state index is -1.43. The monoisotopic (exact) mass is 517 g/mol. The second-order valence-electron chi connectivity index (χ2n) is 9.02. The summed E-state index contributed by atoms with van der Waals surface area (Å²) in [7, 11) is -1.43. The van der Waals surface area contributed by atoms with E-state index in [1.54, 1.807) is 12.1 Å². The Balaban J connectivity index is 1.59. The van der Waals surface area contributed by atoms with Gasteiger partial charge in [-0.25, -0.2) is 18.5 Å². The second-order valence-corrected chi connectivity index (χ2v) is 10.6. The molecule has 36 heavy (non-hydrogen) atoms. The molecule has 1 aliphatic heterocycles.